The molecule has 2 fully saturated rings. The van der Waals surface area contributed by atoms with Gasteiger partial charge in [0.25, 0.3) is 5.91 Å². The van der Waals surface area contributed by atoms with E-state index in [1.807, 2.05) is 42.5 Å². The van der Waals surface area contributed by atoms with Gasteiger partial charge in [0, 0.05) is 12.6 Å². The van der Waals surface area contributed by atoms with Crippen LogP contribution >= 0.6 is 0 Å². The summed E-state index contributed by atoms with van der Waals surface area (Å²) in [6, 6.07) is 14.4. The number of nitrogens with zero attached hydrogens (tertiary/aromatic N) is 4. The van der Waals surface area contributed by atoms with Crippen molar-refractivity contribution in [1.82, 2.24) is 15.1 Å². The number of carbonyl (C=O) groups is 3. The fourth-order valence-electron chi connectivity index (χ4n) is 7.08. The lowest BCUT2D eigenvalue weighted by Crippen LogP contribution is -2.49. The van der Waals surface area contributed by atoms with Gasteiger partial charge in [0.15, 0.2) is 5.96 Å². The van der Waals surface area contributed by atoms with Gasteiger partial charge in [-0.2, -0.15) is 0 Å². The molecule has 2 aromatic carbocycles. The van der Waals surface area contributed by atoms with E-state index in [0.717, 1.165) is 58.4 Å². The lowest BCUT2D eigenvalue weighted by atomic mass is 9.91. The van der Waals surface area contributed by atoms with Gasteiger partial charge in [-0.05, 0) is 108 Å². The molecule has 2 amide bonds. The number of hydrogen-bond donors (Lipinski definition) is 5. The van der Waals surface area contributed by atoms with Crippen LogP contribution < -0.4 is 27.0 Å². The van der Waals surface area contributed by atoms with Crippen molar-refractivity contribution in [3.05, 3.63) is 54.1 Å². The van der Waals surface area contributed by atoms with Crippen LogP contribution in [0.5, 0.6) is 0 Å². The van der Waals surface area contributed by atoms with Gasteiger partial charge in [-0.25, -0.2) is 0 Å². The lowest BCUT2D eigenvalue weighted by molar-refractivity contribution is -0.140. The normalized spacial score (nSPS) is 18.5. The number of anilines is 3. The minimum Gasteiger partial charge on any atom is -0.480 e. The number of benzene rings is 2. The van der Waals surface area contributed by atoms with Crippen molar-refractivity contribution < 1.29 is 19.5 Å². The van der Waals surface area contributed by atoms with Crippen LogP contribution in [0.1, 0.15) is 68.1 Å². The predicted octanol–water partition coefficient (Wildman–Crippen LogP) is 3.36. The average Bonchev–Trinajstić information content (AvgIpc) is 3.19. The molecular formula is C35H50N8O4. The molecule has 3 aliphatic rings. The number of nitrogens with one attached hydrogen (secondary N) is 2. The van der Waals surface area contributed by atoms with Crippen LogP contribution in [-0.4, -0.2) is 96.5 Å². The van der Waals surface area contributed by atoms with Crippen molar-refractivity contribution in [3.63, 3.8) is 0 Å². The minimum atomic E-state index is -0.821. The van der Waals surface area contributed by atoms with Crippen LogP contribution in [0.15, 0.2) is 53.5 Å². The largest absolute Gasteiger partial charge is 0.480 e. The smallest absolute Gasteiger partial charge is 0.320 e. The molecule has 47 heavy (non-hydrogen) atoms. The Bertz CT molecular complexity index is 1400. The number of piperidine rings is 2. The Kier molecular flexibility index (Phi) is 12.2. The number of unbranched alkanes of at least 4 members (excludes halogenated alkanes) is 1. The zero-order valence-electron chi connectivity index (χ0n) is 27.3. The van der Waals surface area contributed by atoms with Crippen LogP contribution in [-0.2, 0) is 9.59 Å². The highest BCUT2D eigenvalue weighted by atomic mass is 16.4. The summed E-state index contributed by atoms with van der Waals surface area (Å²) in [7, 11) is 0. The van der Waals surface area contributed by atoms with Crippen LogP contribution in [0.25, 0.3) is 0 Å². The molecule has 12 heteroatoms. The number of carboxylic acids is 1. The summed E-state index contributed by atoms with van der Waals surface area (Å²) in [5.74, 6) is -0.340. The topological polar surface area (TPSA) is 170 Å². The molecule has 0 radical (unpaired) electrons. The molecule has 0 aromatic heterocycles. The number of carboxylic acid groups (broad SMARTS) is 1. The summed E-state index contributed by atoms with van der Waals surface area (Å²) in [4.78, 5) is 48.8. The summed E-state index contributed by atoms with van der Waals surface area (Å²) in [5.41, 5.74) is 13.2. The van der Waals surface area contributed by atoms with E-state index in [9.17, 15) is 19.5 Å². The maximum absolute atomic E-state index is 13.8. The van der Waals surface area contributed by atoms with Gasteiger partial charge >= 0.3 is 5.97 Å². The average molecular weight is 647 g/mol. The lowest BCUT2D eigenvalue weighted by Gasteiger charge is -2.34. The zero-order chi connectivity index (χ0) is 33.2. The van der Waals surface area contributed by atoms with Gasteiger partial charge in [-0.15, -0.1) is 0 Å². The van der Waals surface area contributed by atoms with E-state index in [-0.39, 0.29) is 23.8 Å². The van der Waals surface area contributed by atoms with Crippen LogP contribution in [0.3, 0.4) is 0 Å². The quantitative estimate of drug-likeness (QED) is 0.117. The van der Waals surface area contributed by atoms with Gasteiger partial charge in [-0.3, -0.25) is 29.2 Å². The number of carbonyl (C=O) groups excluding carboxylic acids is 2. The summed E-state index contributed by atoms with van der Waals surface area (Å²) >= 11 is 0. The number of para-hydroxylation sites is 3. The number of aliphatic imine (C=N–C) groups is 1. The molecule has 12 nitrogen and oxygen atoms in total. The third kappa shape index (κ3) is 9.52. The Morgan fingerprint density at radius 2 is 1.60 bits per heavy atom. The molecule has 0 bridgehead atoms. The maximum atomic E-state index is 13.8. The molecule has 0 unspecified atom stereocenters. The number of nitrogens with two attached hydrogens (primary N) is 2. The van der Waals surface area contributed by atoms with E-state index in [1.165, 1.54) is 19.3 Å². The van der Waals surface area contributed by atoms with Crippen molar-refractivity contribution >= 4 is 40.8 Å². The molecule has 2 saturated heterocycles. The summed E-state index contributed by atoms with van der Waals surface area (Å²) in [5, 5.41) is 15.9. The minimum absolute atomic E-state index is 0.0276. The van der Waals surface area contributed by atoms with Crippen LogP contribution in [0.4, 0.5) is 17.1 Å². The Balaban J connectivity index is 0.995. The Morgan fingerprint density at radius 1 is 0.915 bits per heavy atom. The fraction of sp³-hybridized carbons (Fsp3) is 0.543. The second kappa shape index (κ2) is 16.7. The Morgan fingerprint density at radius 3 is 2.32 bits per heavy atom. The Labute approximate surface area is 277 Å². The maximum Gasteiger partial charge on any atom is 0.320 e. The fourth-order valence-corrected chi connectivity index (χ4v) is 7.08. The van der Waals surface area contributed by atoms with E-state index in [0.29, 0.717) is 54.5 Å². The van der Waals surface area contributed by atoms with Gasteiger partial charge in [0.1, 0.15) is 6.04 Å². The summed E-state index contributed by atoms with van der Waals surface area (Å²) < 4.78 is 0. The number of fused-ring (bicyclic) bond motifs is 2. The van der Waals surface area contributed by atoms with E-state index in [1.54, 1.807) is 11.0 Å². The molecule has 254 valence electrons. The molecule has 2 aromatic rings. The molecule has 5 rings (SSSR count). The first-order valence-electron chi connectivity index (χ1n) is 17.1. The molecule has 7 N–H and O–H groups in total. The molecule has 0 aliphatic carbocycles. The van der Waals surface area contributed by atoms with Crippen molar-refractivity contribution in [2.24, 2.45) is 22.4 Å². The van der Waals surface area contributed by atoms with Crippen molar-refractivity contribution in [2.45, 2.75) is 69.9 Å². The number of hydrogen-bond acceptors (Lipinski definition) is 7. The molecule has 3 aliphatic heterocycles. The number of guanidine groups is 1. The second-order valence-corrected chi connectivity index (χ2v) is 13.1. The number of likely N-dealkylation sites (tertiary alicyclic amines) is 2. The Hall–Kier alpha value is -4.00. The molecule has 1 atom stereocenters. The second-order valence-electron chi connectivity index (χ2n) is 13.1. The highest BCUT2D eigenvalue weighted by Gasteiger charge is 2.31. The van der Waals surface area contributed by atoms with E-state index in [4.69, 9.17) is 11.5 Å². The third-order valence-electron chi connectivity index (χ3n) is 9.70. The SMILES string of the molecule is NC(N)=NCCC[C@@H](NC1CCN(CCCCC2CCN(CC(=O)N3c4ccccc4NC(=O)c4ccccc43)CC2)CC1)C(=O)O. The van der Waals surface area contributed by atoms with Crippen molar-refractivity contribution in [2.75, 3.05) is 56.0 Å². The van der Waals surface area contributed by atoms with Crippen molar-refractivity contribution in [3.8, 4) is 0 Å². The van der Waals surface area contributed by atoms with E-state index < -0.39 is 12.0 Å². The molecule has 3 heterocycles. The van der Waals surface area contributed by atoms with E-state index in [2.05, 4.69) is 25.4 Å². The van der Waals surface area contributed by atoms with Crippen molar-refractivity contribution in [1.29, 1.82) is 0 Å². The third-order valence-corrected chi connectivity index (χ3v) is 9.70. The van der Waals surface area contributed by atoms with Gasteiger partial charge in [-0.1, -0.05) is 37.1 Å². The first-order chi connectivity index (χ1) is 22.8. The summed E-state index contributed by atoms with van der Waals surface area (Å²) in [6.07, 6.45) is 8.79. The molecule has 0 saturated carbocycles. The van der Waals surface area contributed by atoms with Crippen LogP contribution in [0.2, 0.25) is 0 Å². The summed E-state index contributed by atoms with van der Waals surface area (Å²) in [6.45, 7) is 5.61. The number of amides is 2. The molecular weight excluding hydrogens is 596 g/mol. The monoisotopic (exact) mass is 646 g/mol. The molecule has 0 spiro atoms. The predicted molar refractivity (Wildman–Crippen MR) is 185 cm³/mol. The first kappa shape index (κ1) is 34.3. The van der Waals surface area contributed by atoms with Gasteiger partial charge in [0.2, 0.25) is 5.91 Å². The van der Waals surface area contributed by atoms with Crippen LogP contribution in [0, 0.1) is 5.92 Å². The number of rotatable bonds is 14. The zero-order valence-corrected chi connectivity index (χ0v) is 27.3. The van der Waals surface area contributed by atoms with Gasteiger partial charge < -0.3 is 32.1 Å². The number of aliphatic carboxylic acids is 1. The first-order valence-corrected chi connectivity index (χ1v) is 17.1. The van der Waals surface area contributed by atoms with E-state index >= 15 is 0 Å². The standard InChI is InChI=1S/C35H50N8O4/c36-35(37)38-18-7-11-29(34(46)47)39-26-16-22-41(23-17-26)19-6-5-8-25-14-20-42(21-15-25)24-32(44)43-30-12-3-1-9-27(30)33(45)40-28-10-2-4-13-31(28)43/h1-4,9-10,12-13,25-26,29,39H,5-8,11,14-24H2,(H,40,45)(H,46,47)(H4,36,37,38)/t29-/m1/s1. The highest BCUT2D eigenvalue weighted by molar-refractivity contribution is 6.17. The highest BCUT2D eigenvalue weighted by Crippen LogP contribution is 2.38. The van der Waals surface area contributed by atoms with Gasteiger partial charge in [0.05, 0.1) is 29.2 Å².